The lowest BCUT2D eigenvalue weighted by Crippen LogP contribution is -2.50. The van der Waals surface area contributed by atoms with Crippen molar-refractivity contribution in [3.05, 3.63) is 35.4 Å². The normalized spacial score (nSPS) is 25.3. The number of piperidine rings is 1. The molecule has 1 unspecified atom stereocenters. The van der Waals surface area contributed by atoms with Crippen LogP contribution in [-0.4, -0.2) is 68.5 Å². The van der Waals surface area contributed by atoms with E-state index in [1.807, 2.05) is 31.2 Å². The first-order chi connectivity index (χ1) is 13.0. The van der Waals surface area contributed by atoms with Crippen molar-refractivity contribution < 1.29 is 24.4 Å². The van der Waals surface area contributed by atoms with Crippen molar-refractivity contribution in [2.75, 3.05) is 40.0 Å². The molecule has 6 heteroatoms. The van der Waals surface area contributed by atoms with Crippen molar-refractivity contribution in [3.63, 3.8) is 0 Å². The third-order valence-corrected chi connectivity index (χ3v) is 4.97. The van der Waals surface area contributed by atoms with Crippen molar-refractivity contribution >= 4 is 0 Å². The van der Waals surface area contributed by atoms with Gasteiger partial charge in [-0.05, 0) is 17.5 Å². The Balaban J connectivity index is 1.93. The maximum Gasteiger partial charge on any atom is 0.0794 e. The zero-order valence-corrected chi connectivity index (χ0v) is 16.8. The highest BCUT2D eigenvalue weighted by Crippen LogP contribution is 2.28. The lowest BCUT2D eigenvalue weighted by Gasteiger charge is -2.36. The van der Waals surface area contributed by atoms with Gasteiger partial charge in [0.2, 0.25) is 0 Å². The minimum Gasteiger partial charge on any atom is -0.391 e. The van der Waals surface area contributed by atoms with Crippen molar-refractivity contribution in [3.8, 4) is 0 Å². The SMILES string of the molecule is CC[C@@H](O)CO[C@@H]1CNC[C@H](O)C1c1ccc(COC[C@@H](C)COC)cc1. The summed E-state index contributed by atoms with van der Waals surface area (Å²) in [6.07, 6.45) is -0.485. The van der Waals surface area contributed by atoms with Gasteiger partial charge < -0.3 is 29.7 Å². The first-order valence-corrected chi connectivity index (χ1v) is 9.89. The molecule has 0 bridgehead atoms. The summed E-state index contributed by atoms with van der Waals surface area (Å²) in [5.74, 6) is 0.266. The van der Waals surface area contributed by atoms with Gasteiger partial charge in [0.15, 0.2) is 0 Å². The highest BCUT2D eigenvalue weighted by molar-refractivity contribution is 5.27. The maximum atomic E-state index is 10.5. The summed E-state index contributed by atoms with van der Waals surface area (Å²) < 4.78 is 16.8. The Morgan fingerprint density at radius 1 is 1.15 bits per heavy atom. The first kappa shape index (κ1) is 22.3. The molecular weight excluding hydrogens is 346 g/mol. The summed E-state index contributed by atoms with van der Waals surface area (Å²) in [4.78, 5) is 0. The molecule has 1 heterocycles. The minimum absolute atomic E-state index is 0.105. The molecule has 1 saturated heterocycles. The number of nitrogens with one attached hydrogen (secondary N) is 1. The van der Waals surface area contributed by atoms with Crippen LogP contribution >= 0.6 is 0 Å². The molecule has 0 aromatic heterocycles. The Labute approximate surface area is 162 Å². The van der Waals surface area contributed by atoms with Gasteiger partial charge in [-0.15, -0.1) is 0 Å². The Hall–Kier alpha value is -1.02. The quantitative estimate of drug-likeness (QED) is 0.541. The van der Waals surface area contributed by atoms with Crippen LogP contribution in [0.1, 0.15) is 37.3 Å². The molecule has 1 aromatic carbocycles. The second-order valence-corrected chi connectivity index (χ2v) is 7.50. The van der Waals surface area contributed by atoms with Crippen LogP contribution < -0.4 is 5.32 Å². The van der Waals surface area contributed by atoms with Crippen LogP contribution in [0.3, 0.4) is 0 Å². The van der Waals surface area contributed by atoms with E-state index < -0.39 is 12.2 Å². The highest BCUT2D eigenvalue weighted by atomic mass is 16.5. The minimum atomic E-state index is -0.514. The summed E-state index contributed by atoms with van der Waals surface area (Å²) >= 11 is 0. The maximum absolute atomic E-state index is 10.5. The van der Waals surface area contributed by atoms with E-state index in [-0.39, 0.29) is 18.6 Å². The lowest BCUT2D eigenvalue weighted by molar-refractivity contribution is -0.0555. The van der Waals surface area contributed by atoms with Gasteiger partial charge in [-0.3, -0.25) is 0 Å². The van der Waals surface area contributed by atoms with Crippen molar-refractivity contribution in [2.45, 2.75) is 51.1 Å². The fourth-order valence-electron chi connectivity index (χ4n) is 3.37. The van der Waals surface area contributed by atoms with E-state index in [1.54, 1.807) is 7.11 Å². The molecule has 2 rings (SSSR count). The van der Waals surface area contributed by atoms with E-state index in [1.165, 1.54) is 0 Å². The molecule has 1 aliphatic heterocycles. The van der Waals surface area contributed by atoms with Crippen LogP contribution in [0.15, 0.2) is 24.3 Å². The largest absolute Gasteiger partial charge is 0.391 e. The van der Waals surface area contributed by atoms with Crippen LogP contribution in [0.25, 0.3) is 0 Å². The summed E-state index contributed by atoms with van der Waals surface area (Å²) in [5.41, 5.74) is 2.15. The van der Waals surface area contributed by atoms with Crippen LogP contribution in [0.5, 0.6) is 0 Å². The van der Waals surface area contributed by atoms with Crippen molar-refractivity contribution in [1.29, 1.82) is 0 Å². The van der Waals surface area contributed by atoms with Crippen LogP contribution in [-0.2, 0) is 20.8 Å². The van der Waals surface area contributed by atoms with E-state index in [0.29, 0.717) is 45.2 Å². The topological polar surface area (TPSA) is 80.2 Å². The third-order valence-electron chi connectivity index (χ3n) is 4.97. The van der Waals surface area contributed by atoms with E-state index in [0.717, 1.165) is 11.1 Å². The summed E-state index contributed by atoms with van der Waals surface area (Å²) in [6.45, 7) is 7.45. The van der Waals surface area contributed by atoms with Gasteiger partial charge in [-0.25, -0.2) is 0 Å². The Kier molecular flexibility index (Phi) is 9.68. The summed E-state index contributed by atoms with van der Waals surface area (Å²) in [6, 6.07) is 8.18. The molecule has 3 N–H and O–H groups in total. The molecule has 1 fully saturated rings. The number of aliphatic hydroxyl groups excluding tert-OH is 2. The average Bonchev–Trinajstić information content (AvgIpc) is 2.67. The molecule has 154 valence electrons. The molecule has 0 saturated carbocycles. The predicted molar refractivity (Wildman–Crippen MR) is 105 cm³/mol. The Morgan fingerprint density at radius 2 is 1.89 bits per heavy atom. The zero-order chi connectivity index (χ0) is 19.6. The first-order valence-electron chi connectivity index (χ1n) is 9.89. The predicted octanol–water partition coefficient (Wildman–Crippen LogP) is 1.69. The summed E-state index contributed by atoms with van der Waals surface area (Å²) in [7, 11) is 1.70. The molecule has 5 atom stereocenters. The molecule has 0 amide bonds. The van der Waals surface area contributed by atoms with Gasteiger partial charge in [0, 0.05) is 32.0 Å². The fraction of sp³-hybridized carbons (Fsp3) is 0.714. The number of β-amino-alcohol motifs (C(OH)–C–C–N with tert-alkyl or cyclic N) is 1. The molecule has 0 radical (unpaired) electrons. The molecule has 1 aromatic rings. The van der Waals surface area contributed by atoms with E-state index in [4.69, 9.17) is 14.2 Å². The van der Waals surface area contributed by atoms with Crippen LogP contribution in [0.4, 0.5) is 0 Å². The molecule has 6 nitrogen and oxygen atoms in total. The fourth-order valence-corrected chi connectivity index (χ4v) is 3.37. The monoisotopic (exact) mass is 381 g/mol. The number of benzene rings is 1. The van der Waals surface area contributed by atoms with Gasteiger partial charge in [-0.1, -0.05) is 38.1 Å². The number of ether oxygens (including phenoxy) is 3. The number of hydrogen-bond acceptors (Lipinski definition) is 6. The average molecular weight is 382 g/mol. The van der Waals surface area contributed by atoms with Crippen LogP contribution in [0, 0.1) is 5.92 Å². The van der Waals surface area contributed by atoms with E-state index in [9.17, 15) is 10.2 Å². The standard InChI is InChI=1S/C21H35NO5/c1-4-18(23)14-27-20-10-22-9-19(24)21(20)17-7-5-16(6-8-17)13-26-12-15(2)11-25-3/h5-8,15,18-24H,4,9-14H2,1-3H3/t15-,18+,19-,20+,21?/m0/s1. The second-order valence-electron chi connectivity index (χ2n) is 7.50. The zero-order valence-electron chi connectivity index (χ0n) is 16.8. The van der Waals surface area contributed by atoms with Crippen LogP contribution in [0.2, 0.25) is 0 Å². The van der Waals surface area contributed by atoms with Crippen molar-refractivity contribution in [1.82, 2.24) is 5.32 Å². The van der Waals surface area contributed by atoms with Crippen molar-refractivity contribution in [2.24, 2.45) is 5.92 Å². The van der Waals surface area contributed by atoms with E-state index in [2.05, 4.69) is 12.2 Å². The Bertz CT molecular complexity index is 524. The second kappa shape index (κ2) is 11.7. The number of rotatable bonds is 11. The number of methoxy groups -OCH3 is 1. The third kappa shape index (κ3) is 7.14. The molecule has 0 aliphatic carbocycles. The lowest BCUT2D eigenvalue weighted by atomic mass is 9.85. The molecule has 0 spiro atoms. The van der Waals surface area contributed by atoms with Gasteiger partial charge in [0.25, 0.3) is 0 Å². The van der Waals surface area contributed by atoms with Gasteiger partial charge >= 0.3 is 0 Å². The molecular formula is C21H35NO5. The number of hydrogen-bond donors (Lipinski definition) is 3. The number of aliphatic hydroxyl groups is 2. The highest BCUT2D eigenvalue weighted by Gasteiger charge is 2.34. The summed E-state index contributed by atoms with van der Waals surface area (Å²) in [5, 5.41) is 23.5. The van der Waals surface area contributed by atoms with Gasteiger partial charge in [-0.2, -0.15) is 0 Å². The Morgan fingerprint density at radius 3 is 2.56 bits per heavy atom. The smallest absolute Gasteiger partial charge is 0.0794 e. The van der Waals surface area contributed by atoms with Gasteiger partial charge in [0.1, 0.15) is 0 Å². The van der Waals surface area contributed by atoms with E-state index >= 15 is 0 Å². The molecule has 27 heavy (non-hydrogen) atoms. The van der Waals surface area contributed by atoms with Gasteiger partial charge in [0.05, 0.1) is 44.7 Å². The molecule has 1 aliphatic rings.